The lowest BCUT2D eigenvalue weighted by Gasteiger charge is -2.52. The summed E-state index contributed by atoms with van der Waals surface area (Å²) in [6, 6.07) is 10.6. The third kappa shape index (κ3) is 3.36. The SMILES string of the molecule is COc1cc2c(cc1CN1CC3CCCC(C1)C3(O)c1ccccn1)CCCC2. The minimum absolute atomic E-state index is 0.244. The number of methoxy groups -OCH3 is 1. The predicted octanol–water partition coefficient (Wildman–Crippen LogP) is 4.09. The molecule has 5 rings (SSSR count). The second kappa shape index (κ2) is 7.73. The number of pyridine rings is 1. The molecule has 29 heavy (non-hydrogen) atoms. The molecule has 154 valence electrons. The molecule has 2 heterocycles. The largest absolute Gasteiger partial charge is 0.496 e. The molecule has 2 atom stereocenters. The summed E-state index contributed by atoms with van der Waals surface area (Å²) in [5.74, 6) is 1.52. The Kier molecular flexibility index (Phi) is 5.09. The molecule has 1 aliphatic heterocycles. The zero-order valence-corrected chi connectivity index (χ0v) is 17.4. The van der Waals surface area contributed by atoms with Gasteiger partial charge >= 0.3 is 0 Å². The number of nitrogens with zero attached hydrogens (tertiary/aromatic N) is 2. The summed E-state index contributed by atoms with van der Waals surface area (Å²) in [4.78, 5) is 7.09. The van der Waals surface area contributed by atoms with E-state index in [9.17, 15) is 5.11 Å². The highest BCUT2D eigenvalue weighted by atomic mass is 16.5. The van der Waals surface area contributed by atoms with E-state index < -0.39 is 5.60 Å². The van der Waals surface area contributed by atoms with Gasteiger partial charge in [-0.15, -0.1) is 0 Å². The second-order valence-corrected chi connectivity index (χ2v) is 9.20. The van der Waals surface area contributed by atoms with Gasteiger partial charge in [-0.05, 0) is 67.9 Å². The van der Waals surface area contributed by atoms with Crippen molar-refractivity contribution < 1.29 is 9.84 Å². The molecule has 3 aliphatic rings. The van der Waals surface area contributed by atoms with Crippen LogP contribution in [0.4, 0.5) is 0 Å². The number of rotatable bonds is 4. The van der Waals surface area contributed by atoms with Crippen LogP contribution in [0, 0.1) is 11.8 Å². The summed E-state index contributed by atoms with van der Waals surface area (Å²) in [5, 5.41) is 11.8. The molecule has 2 aromatic rings. The number of aryl methyl sites for hydroxylation is 2. The van der Waals surface area contributed by atoms with E-state index >= 15 is 0 Å². The topological polar surface area (TPSA) is 45.6 Å². The van der Waals surface area contributed by atoms with Crippen LogP contribution >= 0.6 is 0 Å². The highest BCUT2D eigenvalue weighted by Crippen LogP contribution is 2.49. The Balaban J connectivity index is 1.40. The normalized spacial score (nSPS) is 29.3. The zero-order valence-electron chi connectivity index (χ0n) is 17.4. The number of hydrogen-bond acceptors (Lipinski definition) is 4. The highest BCUT2D eigenvalue weighted by Gasteiger charge is 2.52. The maximum absolute atomic E-state index is 11.8. The molecule has 1 saturated heterocycles. The lowest BCUT2D eigenvalue weighted by atomic mass is 9.64. The lowest BCUT2D eigenvalue weighted by Crippen LogP contribution is -2.58. The van der Waals surface area contributed by atoms with E-state index in [-0.39, 0.29) is 11.8 Å². The van der Waals surface area contributed by atoms with Gasteiger partial charge in [-0.25, -0.2) is 0 Å². The van der Waals surface area contributed by atoms with Gasteiger partial charge in [0.1, 0.15) is 11.4 Å². The maximum atomic E-state index is 11.8. The number of ether oxygens (including phenoxy) is 1. The van der Waals surface area contributed by atoms with Crippen LogP contribution in [0.15, 0.2) is 36.5 Å². The van der Waals surface area contributed by atoms with Crippen molar-refractivity contribution in [2.75, 3.05) is 20.2 Å². The average molecular weight is 393 g/mol. The van der Waals surface area contributed by atoms with Gasteiger partial charge in [-0.2, -0.15) is 0 Å². The van der Waals surface area contributed by atoms with Crippen LogP contribution in [0.5, 0.6) is 5.75 Å². The summed E-state index contributed by atoms with van der Waals surface area (Å²) in [6.07, 6.45) is 10.1. The molecule has 1 aromatic heterocycles. The Morgan fingerprint density at radius 2 is 1.79 bits per heavy atom. The number of aliphatic hydroxyl groups is 1. The van der Waals surface area contributed by atoms with Crippen LogP contribution in [0.2, 0.25) is 0 Å². The fourth-order valence-corrected chi connectivity index (χ4v) is 6.06. The van der Waals surface area contributed by atoms with Gasteiger partial charge in [0.05, 0.1) is 12.8 Å². The Bertz CT molecular complexity index is 853. The quantitative estimate of drug-likeness (QED) is 0.851. The molecule has 1 saturated carbocycles. The smallest absolute Gasteiger partial charge is 0.123 e. The number of aromatic nitrogens is 1. The molecule has 4 nitrogen and oxygen atoms in total. The van der Waals surface area contributed by atoms with Crippen LogP contribution in [0.3, 0.4) is 0 Å². The summed E-state index contributed by atoms with van der Waals surface area (Å²) >= 11 is 0. The van der Waals surface area contributed by atoms with Crippen LogP contribution in [-0.4, -0.2) is 35.2 Å². The summed E-state index contributed by atoms with van der Waals surface area (Å²) in [7, 11) is 1.79. The van der Waals surface area contributed by atoms with Crippen molar-refractivity contribution in [1.82, 2.24) is 9.88 Å². The van der Waals surface area contributed by atoms with E-state index in [0.717, 1.165) is 43.9 Å². The van der Waals surface area contributed by atoms with Crippen LogP contribution in [0.25, 0.3) is 0 Å². The molecular formula is C25H32N2O2. The molecule has 0 spiro atoms. The molecule has 2 aliphatic carbocycles. The third-order valence-corrected chi connectivity index (χ3v) is 7.52. The monoisotopic (exact) mass is 392 g/mol. The maximum Gasteiger partial charge on any atom is 0.123 e. The molecular weight excluding hydrogens is 360 g/mol. The van der Waals surface area contributed by atoms with Gasteiger partial charge in [0, 0.05) is 43.2 Å². The van der Waals surface area contributed by atoms with E-state index in [4.69, 9.17) is 4.74 Å². The number of piperidine rings is 1. The van der Waals surface area contributed by atoms with Crippen LogP contribution in [0.1, 0.15) is 54.5 Å². The first-order valence-electron chi connectivity index (χ1n) is 11.2. The lowest BCUT2D eigenvalue weighted by molar-refractivity contribution is -0.151. The number of hydrogen-bond donors (Lipinski definition) is 1. The number of fused-ring (bicyclic) bond motifs is 3. The van der Waals surface area contributed by atoms with Gasteiger partial charge in [-0.1, -0.05) is 18.6 Å². The Hall–Kier alpha value is -1.91. The van der Waals surface area contributed by atoms with Gasteiger partial charge < -0.3 is 9.84 Å². The molecule has 4 heteroatoms. The van der Waals surface area contributed by atoms with Crippen molar-refractivity contribution in [3.63, 3.8) is 0 Å². The van der Waals surface area contributed by atoms with E-state index in [1.165, 1.54) is 48.8 Å². The highest BCUT2D eigenvalue weighted by molar-refractivity contribution is 5.44. The molecule has 1 aromatic carbocycles. The van der Waals surface area contributed by atoms with Crippen molar-refractivity contribution in [3.8, 4) is 5.75 Å². The fourth-order valence-electron chi connectivity index (χ4n) is 6.06. The number of benzene rings is 1. The average Bonchev–Trinajstić information content (AvgIpc) is 2.74. The van der Waals surface area contributed by atoms with E-state index in [2.05, 4.69) is 22.0 Å². The van der Waals surface area contributed by atoms with Crippen molar-refractivity contribution in [2.45, 2.75) is 57.1 Å². The Morgan fingerprint density at radius 1 is 1.07 bits per heavy atom. The van der Waals surface area contributed by atoms with E-state index in [1.807, 2.05) is 24.4 Å². The van der Waals surface area contributed by atoms with Crippen molar-refractivity contribution in [3.05, 3.63) is 58.9 Å². The van der Waals surface area contributed by atoms with Crippen molar-refractivity contribution in [1.29, 1.82) is 0 Å². The molecule has 0 radical (unpaired) electrons. The Morgan fingerprint density at radius 3 is 2.45 bits per heavy atom. The first-order valence-corrected chi connectivity index (χ1v) is 11.2. The van der Waals surface area contributed by atoms with Gasteiger partial charge in [0.2, 0.25) is 0 Å². The standard InChI is InChI=1S/C25H32N2O2/c1-29-23-14-19-8-3-2-7-18(19)13-20(23)15-27-16-21-9-6-10-22(17-27)25(21,28)24-11-4-5-12-26-24/h4-5,11-14,21-22,28H,2-3,6-10,15-17H2,1H3. The van der Waals surface area contributed by atoms with E-state index in [0.29, 0.717) is 0 Å². The molecule has 2 unspecified atom stereocenters. The minimum Gasteiger partial charge on any atom is -0.496 e. The second-order valence-electron chi connectivity index (χ2n) is 9.20. The van der Waals surface area contributed by atoms with E-state index in [1.54, 1.807) is 7.11 Å². The first-order chi connectivity index (χ1) is 14.2. The van der Waals surface area contributed by atoms with Crippen molar-refractivity contribution in [2.24, 2.45) is 11.8 Å². The molecule has 1 N–H and O–H groups in total. The Labute approximate surface area is 173 Å². The zero-order chi connectivity index (χ0) is 19.8. The van der Waals surface area contributed by atoms with Crippen LogP contribution < -0.4 is 4.74 Å². The van der Waals surface area contributed by atoms with Crippen molar-refractivity contribution >= 4 is 0 Å². The molecule has 0 amide bonds. The first kappa shape index (κ1) is 19.1. The summed E-state index contributed by atoms with van der Waals surface area (Å²) in [5.41, 5.74) is 4.36. The summed E-state index contributed by atoms with van der Waals surface area (Å²) in [6.45, 7) is 2.75. The molecule has 2 fully saturated rings. The third-order valence-electron chi connectivity index (χ3n) is 7.52. The minimum atomic E-state index is -0.782. The fraction of sp³-hybridized carbons (Fsp3) is 0.560. The van der Waals surface area contributed by atoms with Gasteiger partial charge in [0.25, 0.3) is 0 Å². The van der Waals surface area contributed by atoms with Gasteiger partial charge in [0.15, 0.2) is 0 Å². The van der Waals surface area contributed by atoms with Crippen LogP contribution in [-0.2, 0) is 25.0 Å². The van der Waals surface area contributed by atoms with Gasteiger partial charge in [-0.3, -0.25) is 9.88 Å². The number of likely N-dealkylation sites (tertiary alicyclic amines) is 1. The molecule has 2 bridgehead atoms. The predicted molar refractivity (Wildman–Crippen MR) is 114 cm³/mol. The summed E-state index contributed by atoms with van der Waals surface area (Å²) < 4.78 is 5.77.